The molecule has 2 aromatic rings. The van der Waals surface area contributed by atoms with Gasteiger partial charge in [-0.2, -0.15) is 11.3 Å². The second kappa shape index (κ2) is 5.93. The lowest BCUT2D eigenvalue weighted by Gasteiger charge is -2.07. The SMILES string of the molecule is O=C(O)CS(=O)Cc1ccccc1-c1ccsc1. The molecule has 1 heterocycles. The van der Waals surface area contributed by atoms with Gasteiger partial charge in [0, 0.05) is 16.6 Å². The highest BCUT2D eigenvalue weighted by atomic mass is 32.2. The van der Waals surface area contributed by atoms with Crippen molar-refractivity contribution in [2.45, 2.75) is 5.75 Å². The van der Waals surface area contributed by atoms with E-state index in [1.807, 2.05) is 41.1 Å². The van der Waals surface area contributed by atoms with Crippen LogP contribution in [-0.2, 0) is 21.3 Å². The van der Waals surface area contributed by atoms with E-state index < -0.39 is 16.8 Å². The average molecular weight is 280 g/mol. The lowest BCUT2D eigenvalue weighted by atomic mass is 10.0. The first-order valence-corrected chi connectivity index (χ1v) is 7.77. The number of carbonyl (C=O) groups is 1. The summed E-state index contributed by atoms with van der Waals surface area (Å²) in [7, 11) is -1.37. The quantitative estimate of drug-likeness (QED) is 0.916. The fraction of sp³-hybridized carbons (Fsp3) is 0.154. The van der Waals surface area contributed by atoms with Gasteiger partial charge in [0.1, 0.15) is 5.75 Å². The van der Waals surface area contributed by atoms with E-state index in [1.54, 1.807) is 11.3 Å². The van der Waals surface area contributed by atoms with Crippen molar-refractivity contribution < 1.29 is 14.1 Å². The van der Waals surface area contributed by atoms with Crippen molar-refractivity contribution in [3.05, 3.63) is 46.7 Å². The van der Waals surface area contributed by atoms with Gasteiger partial charge in [0.25, 0.3) is 0 Å². The standard InChI is InChI=1S/C13H12O3S2/c14-13(15)9-18(16)8-11-3-1-2-4-12(11)10-5-6-17-7-10/h1-7H,8-9H2,(H,14,15). The number of aliphatic carboxylic acids is 1. The summed E-state index contributed by atoms with van der Waals surface area (Å²) in [5.41, 5.74) is 3.04. The molecule has 0 aliphatic rings. The Morgan fingerprint density at radius 1 is 1.28 bits per heavy atom. The summed E-state index contributed by atoms with van der Waals surface area (Å²) in [6, 6.07) is 9.67. The van der Waals surface area contributed by atoms with Gasteiger partial charge in [0.05, 0.1) is 0 Å². The highest BCUT2D eigenvalue weighted by Gasteiger charge is 2.11. The molecule has 94 valence electrons. The smallest absolute Gasteiger partial charge is 0.316 e. The van der Waals surface area contributed by atoms with Crippen molar-refractivity contribution in [1.82, 2.24) is 0 Å². The van der Waals surface area contributed by atoms with Crippen LogP contribution in [0.5, 0.6) is 0 Å². The fourth-order valence-electron chi connectivity index (χ4n) is 1.71. The van der Waals surface area contributed by atoms with E-state index in [9.17, 15) is 9.00 Å². The first kappa shape index (κ1) is 13.0. The van der Waals surface area contributed by atoms with Crippen LogP contribution >= 0.6 is 11.3 Å². The number of hydrogen-bond donors (Lipinski definition) is 1. The van der Waals surface area contributed by atoms with Crippen molar-refractivity contribution in [3.63, 3.8) is 0 Å². The van der Waals surface area contributed by atoms with Gasteiger partial charge < -0.3 is 5.11 Å². The van der Waals surface area contributed by atoms with Crippen LogP contribution in [0.3, 0.4) is 0 Å². The van der Waals surface area contributed by atoms with Crippen LogP contribution in [0, 0.1) is 0 Å². The molecule has 1 N–H and O–H groups in total. The monoisotopic (exact) mass is 280 g/mol. The number of carboxylic acid groups (broad SMARTS) is 1. The molecule has 18 heavy (non-hydrogen) atoms. The molecule has 1 aromatic heterocycles. The predicted molar refractivity (Wildman–Crippen MR) is 74.1 cm³/mol. The van der Waals surface area contributed by atoms with Crippen LogP contribution in [0.25, 0.3) is 11.1 Å². The minimum Gasteiger partial charge on any atom is -0.481 e. The molecule has 3 nitrogen and oxygen atoms in total. The van der Waals surface area contributed by atoms with Gasteiger partial charge in [-0.25, -0.2) is 0 Å². The summed E-state index contributed by atoms with van der Waals surface area (Å²) < 4.78 is 11.7. The third kappa shape index (κ3) is 3.27. The largest absolute Gasteiger partial charge is 0.481 e. The average Bonchev–Trinajstić information content (AvgIpc) is 2.81. The molecule has 5 heteroatoms. The van der Waals surface area contributed by atoms with E-state index in [4.69, 9.17) is 5.11 Å². The maximum atomic E-state index is 11.7. The third-order valence-electron chi connectivity index (χ3n) is 2.45. The van der Waals surface area contributed by atoms with Gasteiger partial charge in [0.2, 0.25) is 0 Å². The summed E-state index contributed by atoms with van der Waals surface area (Å²) in [4.78, 5) is 10.5. The lowest BCUT2D eigenvalue weighted by Crippen LogP contribution is -2.11. The first-order valence-electron chi connectivity index (χ1n) is 5.34. The van der Waals surface area contributed by atoms with Crippen molar-refractivity contribution in [2.24, 2.45) is 0 Å². The van der Waals surface area contributed by atoms with Crippen LogP contribution in [-0.4, -0.2) is 21.0 Å². The van der Waals surface area contributed by atoms with Crippen LogP contribution in [0.4, 0.5) is 0 Å². The fourth-order valence-corrected chi connectivity index (χ4v) is 3.34. The molecule has 1 aromatic carbocycles. The van der Waals surface area contributed by atoms with E-state index in [0.29, 0.717) is 0 Å². The minimum absolute atomic E-state index is 0.276. The van der Waals surface area contributed by atoms with Crippen LogP contribution in [0.2, 0.25) is 0 Å². The molecular weight excluding hydrogens is 268 g/mol. The molecule has 0 aliphatic heterocycles. The third-order valence-corrected chi connectivity index (χ3v) is 4.34. The Labute approximate surface area is 112 Å². The zero-order valence-electron chi connectivity index (χ0n) is 9.54. The molecule has 0 spiro atoms. The summed E-state index contributed by atoms with van der Waals surface area (Å²) >= 11 is 1.60. The Bertz CT molecular complexity index is 561. The predicted octanol–water partition coefficient (Wildman–Crippen LogP) is 2.75. The van der Waals surface area contributed by atoms with Crippen molar-refractivity contribution in [2.75, 3.05) is 5.75 Å². The molecule has 0 saturated heterocycles. The zero-order valence-corrected chi connectivity index (χ0v) is 11.2. The van der Waals surface area contributed by atoms with E-state index in [-0.39, 0.29) is 11.5 Å². The molecule has 0 aliphatic carbocycles. The number of rotatable bonds is 5. The van der Waals surface area contributed by atoms with Gasteiger partial charge in [-0.15, -0.1) is 0 Å². The molecule has 0 fully saturated rings. The number of benzene rings is 1. The second-order valence-electron chi connectivity index (χ2n) is 3.79. The van der Waals surface area contributed by atoms with Gasteiger partial charge >= 0.3 is 5.97 Å². The molecule has 0 saturated carbocycles. The Kier molecular flexibility index (Phi) is 4.28. The Morgan fingerprint density at radius 2 is 2.06 bits per heavy atom. The van der Waals surface area contributed by atoms with Crippen LogP contribution < -0.4 is 0 Å². The van der Waals surface area contributed by atoms with Crippen molar-refractivity contribution >= 4 is 28.1 Å². The molecular formula is C13H12O3S2. The van der Waals surface area contributed by atoms with Gasteiger partial charge in [0.15, 0.2) is 0 Å². The van der Waals surface area contributed by atoms with Gasteiger partial charge in [-0.1, -0.05) is 24.3 Å². The lowest BCUT2D eigenvalue weighted by molar-refractivity contribution is -0.133. The first-order chi connectivity index (χ1) is 8.66. The minimum atomic E-state index is -1.37. The van der Waals surface area contributed by atoms with Gasteiger partial charge in [-0.3, -0.25) is 9.00 Å². The number of hydrogen-bond acceptors (Lipinski definition) is 3. The van der Waals surface area contributed by atoms with Gasteiger partial charge in [-0.05, 0) is 33.5 Å². The van der Waals surface area contributed by atoms with Crippen LogP contribution in [0.1, 0.15) is 5.56 Å². The normalized spacial score (nSPS) is 12.2. The highest BCUT2D eigenvalue weighted by Crippen LogP contribution is 2.26. The Hall–Kier alpha value is -1.46. The zero-order chi connectivity index (χ0) is 13.0. The van der Waals surface area contributed by atoms with Crippen molar-refractivity contribution in [1.29, 1.82) is 0 Å². The topological polar surface area (TPSA) is 54.4 Å². The summed E-state index contributed by atoms with van der Waals surface area (Å²) in [5.74, 6) is -1.06. The Balaban J connectivity index is 2.23. The van der Waals surface area contributed by atoms with E-state index in [2.05, 4.69) is 0 Å². The second-order valence-corrected chi connectivity index (χ2v) is 6.03. The molecule has 1 atom stereocenters. The number of carboxylic acids is 1. The molecule has 0 radical (unpaired) electrons. The molecule has 0 bridgehead atoms. The highest BCUT2D eigenvalue weighted by molar-refractivity contribution is 7.84. The molecule has 2 rings (SSSR count). The van der Waals surface area contributed by atoms with Crippen LogP contribution in [0.15, 0.2) is 41.1 Å². The molecule has 1 unspecified atom stereocenters. The summed E-state index contributed by atoms with van der Waals surface area (Å²) in [5, 5.41) is 12.6. The molecule has 0 amide bonds. The van der Waals surface area contributed by atoms with E-state index in [0.717, 1.165) is 16.7 Å². The number of thiophene rings is 1. The van der Waals surface area contributed by atoms with Crippen molar-refractivity contribution in [3.8, 4) is 11.1 Å². The Morgan fingerprint density at radius 3 is 2.72 bits per heavy atom. The maximum absolute atomic E-state index is 11.7. The van der Waals surface area contributed by atoms with E-state index >= 15 is 0 Å². The summed E-state index contributed by atoms with van der Waals surface area (Å²) in [6.07, 6.45) is 0. The summed E-state index contributed by atoms with van der Waals surface area (Å²) in [6.45, 7) is 0. The maximum Gasteiger partial charge on any atom is 0.316 e. The van der Waals surface area contributed by atoms with E-state index in [1.165, 1.54) is 0 Å².